The second-order valence-electron chi connectivity index (χ2n) is 10.1. The summed E-state index contributed by atoms with van der Waals surface area (Å²) in [7, 11) is 0. The average Bonchev–Trinajstić information content (AvgIpc) is 3.47. The number of ether oxygens (including phenoxy) is 1. The number of benzene rings is 2. The van der Waals surface area contributed by atoms with E-state index in [0.29, 0.717) is 11.8 Å². The smallest absolute Gasteiger partial charge is 0.157 e. The van der Waals surface area contributed by atoms with Gasteiger partial charge in [-0.25, -0.2) is 0 Å². The van der Waals surface area contributed by atoms with Crippen LogP contribution in [-0.4, -0.2) is 22.5 Å². The molecule has 4 heteroatoms. The molecule has 0 spiro atoms. The first kappa shape index (κ1) is 24.4. The van der Waals surface area contributed by atoms with Gasteiger partial charge in [-0.3, -0.25) is 4.99 Å². The summed E-state index contributed by atoms with van der Waals surface area (Å²) >= 11 is 0. The number of phenolic OH excluding ortho intramolecular Hbond substituents is 2. The molecule has 1 unspecified atom stereocenters. The molecule has 0 heterocycles. The molecule has 0 amide bonds. The van der Waals surface area contributed by atoms with Crippen molar-refractivity contribution in [2.75, 3.05) is 6.54 Å². The fourth-order valence-electron chi connectivity index (χ4n) is 5.52. The molecule has 2 aliphatic rings. The zero-order chi connectivity index (χ0) is 24.1. The lowest BCUT2D eigenvalue weighted by molar-refractivity contribution is 0.111. The summed E-state index contributed by atoms with van der Waals surface area (Å²) in [5.41, 5.74) is 5.98. The van der Waals surface area contributed by atoms with Gasteiger partial charge in [0, 0.05) is 18.2 Å². The van der Waals surface area contributed by atoms with Crippen molar-refractivity contribution in [2.24, 2.45) is 16.8 Å². The standard InChI is InChI=1S/C30H39NO3/c1-4-21(3)31-15-7-8-20(2)16-22-11-13-25(14-12-22)34-30-26(23-9-5-6-10-23)17-24-18-28(32)29(33)19-27(24)30/h8,11-14,18-19,23,26,30,32-33H,4-7,9-10,15-17H2,1-3H3/b20-8+,31-21?/t26-,30?/m1/s1. The molecule has 182 valence electrons. The summed E-state index contributed by atoms with van der Waals surface area (Å²) in [6, 6.07) is 11.9. The molecule has 0 aliphatic heterocycles. The van der Waals surface area contributed by atoms with Gasteiger partial charge in [-0.1, -0.05) is 56.4 Å². The van der Waals surface area contributed by atoms with E-state index in [2.05, 4.69) is 56.1 Å². The molecule has 0 radical (unpaired) electrons. The van der Waals surface area contributed by atoms with Crippen molar-refractivity contribution in [1.82, 2.24) is 0 Å². The van der Waals surface area contributed by atoms with Crippen LogP contribution in [0.3, 0.4) is 0 Å². The molecule has 4 rings (SSSR count). The van der Waals surface area contributed by atoms with Gasteiger partial charge in [0.2, 0.25) is 0 Å². The molecule has 2 aromatic carbocycles. The van der Waals surface area contributed by atoms with E-state index in [0.717, 1.165) is 49.1 Å². The monoisotopic (exact) mass is 461 g/mol. The van der Waals surface area contributed by atoms with Crippen molar-refractivity contribution in [3.05, 3.63) is 64.7 Å². The van der Waals surface area contributed by atoms with Crippen LogP contribution >= 0.6 is 0 Å². The van der Waals surface area contributed by atoms with Crippen molar-refractivity contribution < 1.29 is 14.9 Å². The van der Waals surface area contributed by atoms with Crippen LogP contribution in [0.15, 0.2) is 53.0 Å². The second kappa shape index (κ2) is 11.1. The maximum absolute atomic E-state index is 10.1. The van der Waals surface area contributed by atoms with Crippen LogP contribution in [0.2, 0.25) is 0 Å². The van der Waals surface area contributed by atoms with Gasteiger partial charge in [-0.15, -0.1) is 0 Å². The molecule has 2 aliphatic carbocycles. The predicted octanol–water partition coefficient (Wildman–Crippen LogP) is 7.33. The Morgan fingerprint density at radius 1 is 1.06 bits per heavy atom. The number of hydrogen-bond donors (Lipinski definition) is 2. The first-order valence-electron chi connectivity index (χ1n) is 12.9. The minimum Gasteiger partial charge on any atom is -0.504 e. The molecule has 1 saturated carbocycles. The lowest BCUT2D eigenvalue weighted by atomic mass is 9.86. The number of nitrogens with zero attached hydrogens (tertiary/aromatic N) is 1. The Balaban J connectivity index is 1.43. The fourth-order valence-corrected chi connectivity index (χ4v) is 5.52. The van der Waals surface area contributed by atoms with Gasteiger partial charge in [-0.2, -0.15) is 0 Å². The highest BCUT2D eigenvalue weighted by atomic mass is 16.5. The topological polar surface area (TPSA) is 62.0 Å². The van der Waals surface area contributed by atoms with E-state index < -0.39 is 0 Å². The van der Waals surface area contributed by atoms with Crippen LogP contribution in [0, 0.1) is 11.8 Å². The average molecular weight is 462 g/mol. The summed E-state index contributed by atoms with van der Waals surface area (Å²) in [5.74, 6) is 1.79. The van der Waals surface area contributed by atoms with Gasteiger partial charge in [0.15, 0.2) is 11.5 Å². The normalized spacial score (nSPS) is 21.1. The third-order valence-electron chi connectivity index (χ3n) is 7.58. The van der Waals surface area contributed by atoms with Crippen molar-refractivity contribution in [3.8, 4) is 17.2 Å². The summed E-state index contributed by atoms with van der Waals surface area (Å²) in [6.45, 7) is 7.28. The fraction of sp³-hybridized carbons (Fsp3) is 0.500. The molecule has 1 fully saturated rings. The van der Waals surface area contributed by atoms with E-state index in [1.54, 1.807) is 12.1 Å². The molecule has 4 nitrogen and oxygen atoms in total. The lowest BCUT2D eigenvalue weighted by Gasteiger charge is -2.27. The van der Waals surface area contributed by atoms with Crippen LogP contribution in [0.25, 0.3) is 0 Å². The molecule has 2 N–H and O–H groups in total. The largest absolute Gasteiger partial charge is 0.504 e. The maximum atomic E-state index is 10.1. The highest BCUT2D eigenvalue weighted by molar-refractivity contribution is 5.81. The Hall–Kier alpha value is -2.75. The van der Waals surface area contributed by atoms with Gasteiger partial charge in [-0.05, 0) is 86.4 Å². The van der Waals surface area contributed by atoms with Crippen molar-refractivity contribution in [2.45, 2.75) is 78.2 Å². The number of hydrogen-bond acceptors (Lipinski definition) is 4. The van der Waals surface area contributed by atoms with Gasteiger partial charge < -0.3 is 14.9 Å². The molecule has 0 aromatic heterocycles. The van der Waals surface area contributed by atoms with Crippen molar-refractivity contribution in [1.29, 1.82) is 0 Å². The Bertz CT molecular complexity index is 1030. The number of fused-ring (bicyclic) bond motifs is 1. The highest BCUT2D eigenvalue weighted by Crippen LogP contribution is 2.49. The van der Waals surface area contributed by atoms with Gasteiger partial charge in [0.05, 0.1) is 0 Å². The van der Waals surface area contributed by atoms with Crippen LogP contribution < -0.4 is 4.74 Å². The summed E-state index contributed by atoms with van der Waals surface area (Å²) < 4.78 is 6.57. The zero-order valence-electron chi connectivity index (χ0n) is 20.9. The zero-order valence-corrected chi connectivity index (χ0v) is 20.9. The van der Waals surface area contributed by atoms with E-state index in [9.17, 15) is 10.2 Å². The molecule has 34 heavy (non-hydrogen) atoms. The predicted molar refractivity (Wildman–Crippen MR) is 139 cm³/mol. The van der Waals surface area contributed by atoms with Gasteiger partial charge >= 0.3 is 0 Å². The Morgan fingerprint density at radius 2 is 1.76 bits per heavy atom. The molecule has 2 atom stereocenters. The summed E-state index contributed by atoms with van der Waals surface area (Å²) in [5, 5.41) is 20.2. The summed E-state index contributed by atoms with van der Waals surface area (Å²) in [6.07, 6.45) is 11.1. The molecule has 0 saturated heterocycles. The number of aliphatic imine (C=N–C) groups is 1. The minimum absolute atomic E-state index is 0.0374. The van der Waals surface area contributed by atoms with Gasteiger partial charge in [0.25, 0.3) is 0 Å². The van der Waals surface area contributed by atoms with E-state index in [-0.39, 0.29) is 17.6 Å². The number of allylic oxidation sites excluding steroid dienone is 1. The first-order chi connectivity index (χ1) is 16.4. The molecular formula is C30H39NO3. The molecule has 0 bridgehead atoms. The second-order valence-corrected chi connectivity index (χ2v) is 10.1. The van der Waals surface area contributed by atoms with E-state index in [1.807, 2.05) is 0 Å². The summed E-state index contributed by atoms with van der Waals surface area (Å²) in [4.78, 5) is 4.57. The van der Waals surface area contributed by atoms with E-state index in [1.165, 1.54) is 42.5 Å². The number of aromatic hydroxyl groups is 2. The third-order valence-corrected chi connectivity index (χ3v) is 7.58. The number of phenols is 2. The maximum Gasteiger partial charge on any atom is 0.157 e. The molecule has 2 aromatic rings. The van der Waals surface area contributed by atoms with Crippen LogP contribution in [-0.2, 0) is 12.8 Å². The highest BCUT2D eigenvalue weighted by Gasteiger charge is 2.40. The lowest BCUT2D eigenvalue weighted by Crippen LogP contribution is -2.21. The molecular weight excluding hydrogens is 422 g/mol. The van der Waals surface area contributed by atoms with Crippen LogP contribution in [0.5, 0.6) is 17.2 Å². The van der Waals surface area contributed by atoms with Crippen LogP contribution in [0.4, 0.5) is 0 Å². The van der Waals surface area contributed by atoms with Crippen LogP contribution in [0.1, 0.15) is 82.1 Å². The Labute approximate surface area is 204 Å². The Morgan fingerprint density at radius 3 is 2.47 bits per heavy atom. The first-order valence-corrected chi connectivity index (χ1v) is 12.9. The SMILES string of the molecule is CCC(C)=NCC/C=C(\C)Cc1ccc(OC2c3cc(O)c(O)cc3C[C@@H]2C2CCCC2)cc1. The van der Waals surface area contributed by atoms with Crippen molar-refractivity contribution in [3.63, 3.8) is 0 Å². The van der Waals surface area contributed by atoms with Gasteiger partial charge in [0.1, 0.15) is 11.9 Å². The van der Waals surface area contributed by atoms with E-state index in [4.69, 9.17) is 4.74 Å². The van der Waals surface area contributed by atoms with Crippen molar-refractivity contribution >= 4 is 5.71 Å². The quantitative estimate of drug-likeness (QED) is 0.178. The third kappa shape index (κ3) is 5.84. The number of rotatable bonds is 9. The minimum atomic E-state index is -0.0794. The van der Waals surface area contributed by atoms with E-state index >= 15 is 0 Å². The Kier molecular flexibility index (Phi) is 7.97.